The van der Waals surface area contributed by atoms with E-state index in [1.165, 1.54) is 0 Å². The Kier molecular flexibility index (Phi) is 4.21. The Labute approximate surface area is 156 Å². The van der Waals surface area contributed by atoms with Crippen LogP contribution < -0.4 is 5.56 Å². The third-order valence-corrected chi connectivity index (χ3v) is 5.51. The minimum Gasteiger partial charge on any atom is -0.381 e. The van der Waals surface area contributed by atoms with Gasteiger partial charge in [0, 0.05) is 69.0 Å². The number of H-pyrrole nitrogens is 1. The van der Waals surface area contributed by atoms with Crippen molar-refractivity contribution >= 4 is 5.52 Å². The molecule has 0 spiro atoms. The van der Waals surface area contributed by atoms with Crippen molar-refractivity contribution in [2.24, 2.45) is 0 Å². The number of nitrogens with one attached hydrogen (secondary N) is 1. The summed E-state index contributed by atoms with van der Waals surface area (Å²) in [5.74, 6) is 2.58. The van der Waals surface area contributed by atoms with Gasteiger partial charge in [-0.3, -0.25) is 14.1 Å². The fourth-order valence-electron chi connectivity index (χ4n) is 4.04. The molecule has 27 heavy (non-hydrogen) atoms. The van der Waals surface area contributed by atoms with Gasteiger partial charge in [0.25, 0.3) is 5.56 Å². The van der Waals surface area contributed by atoms with Crippen LogP contribution in [0.2, 0.25) is 0 Å². The summed E-state index contributed by atoms with van der Waals surface area (Å²) >= 11 is 0. The fraction of sp³-hybridized carbons (Fsp3) is 0.474. The molecule has 3 aromatic heterocycles. The van der Waals surface area contributed by atoms with Gasteiger partial charge in [-0.25, -0.2) is 15.0 Å². The minimum absolute atomic E-state index is 0.0817. The van der Waals surface area contributed by atoms with E-state index in [-0.39, 0.29) is 5.56 Å². The SMILES string of the molecule is O=c1[nH]c(CN2CC(c3ncccn3)C2)cn2c(C3CCOCC3)ncc12. The van der Waals surface area contributed by atoms with Crippen molar-refractivity contribution in [3.63, 3.8) is 0 Å². The number of imidazole rings is 1. The molecule has 0 radical (unpaired) electrons. The molecule has 3 aromatic rings. The predicted molar refractivity (Wildman–Crippen MR) is 98.7 cm³/mol. The Morgan fingerprint density at radius 2 is 1.89 bits per heavy atom. The lowest BCUT2D eigenvalue weighted by atomic mass is 9.99. The maximum absolute atomic E-state index is 12.5. The van der Waals surface area contributed by atoms with E-state index in [0.29, 0.717) is 23.9 Å². The average molecular weight is 366 g/mol. The second-order valence-corrected chi connectivity index (χ2v) is 7.36. The smallest absolute Gasteiger partial charge is 0.274 e. The molecule has 140 valence electrons. The van der Waals surface area contributed by atoms with E-state index in [2.05, 4.69) is 24.8 Å². The number of ether oxygens (including phenoxy) is 1. The van der Waals surface area contributed by atoms with Crippen molar-refractivity contribution < 1.29 is 4.74 Å². The number of nitrogens with zero attached hydrogens (tertiary/aromatic N) is 5. The molecule has 2 aliphatic heterocycles. The molecule has 2 saturated heterocycles. The van der Waals surface area contributed by atoms with Crippen LogP contribution in [0.4, 0.5) is 0 Å². The third kappa shape index (κ3) is 3.15. The summed E-state index contributed by atoms with van der Waals surface area (Å²) in [7, 11) is 0. The summed E-state index contributed by atoms with van der Waals surface area (Å²) in [5, 5.41) is 0. The van der Waals surface area contributed by atoms with Gasteiger partial charge >= 0.3 is 0 Å². The van der Waals surface area contributed by atoms with E-state index >= 15 is 0 Å². The van der Waals surface area contributed by atoms with Gasteiger partial charge in [-0.1, -0.05) is 0 Å². The first-order chi connectivity index (χ1) is 13.3. The number of hydrogen-bond donors (Lipinski definition) is 1. The number of rotatable bonds is 4. The van der Waals surface area contributed by atoms with Crippen LogP contribution in [0.25, 0.3) is 5.52 Å². The monoisotopic (exact) mass is 366 g/mol. The molecular formula is C19H22N6O2. The molecule has 0 amide bonds. The van der Waals surface area contributed by atoms with Crippen molar-refractivity contribution in [2.75, 3.05) is 26.3 Å². The summed E-state index contributed by atoms with van der Waals surface area (Å²) in [6.07, 6.45) is 9.18. The molecule has 0 aromatic carbocycles. The Morgan fingerprint density at radius 3 is 2.67 bits per heavy atom. The molecule has 0 bridgehead atoms. The van der Waals surface area contributed by atoms with Crippen molar-refractivity contribution in [3.8, 4) is 0 Å². The van der Waals surface area contributed by atoms with E-state index in [1.54, 1.807) is 18.6 Å². The summed E-state index contributed by atoms with van der Waals surface area (Å²) in [6.45, 7) is 4.03. The fourth-order valence-corrected chi connectivity index (χ4v) is 4.04. The van der Waals surface area contributed by atoms with Crippen LogP contribution in [-0.2, 0) is 11.3 Å². The van der Waals surface area contributed by atoms with Crippen LogP contribution in [-0.4, -0.2) is 55.5 Å². The van der Waals surface area contributed by atoms with Gasteiger partial charge < -0.3 is 9.72 Å². The number of aromatic amines is 1. The first kappa shape index (κ1) is 16.6. The number of fused-ring (bicyclic) bond motifs is 1. The Balaban J connectivity index is 1.34. The highest BCUT2D eigenvalue weighted by Crippen LogP contribution is 2.27. The number of aromatic nitrogens is 5. The van der Waals surface area contributed by atoms with E-state index in [4.69, 9.17) is 4.74 Å². The quantitative estimate of drug-likeness (QED) is 0.749. The van der Waals surface area contributed by atoms with Crippen LogP contribution in [0.3, 0.4) is 0 Å². The highest BCUT2D eigenvalue weighted by Gasteiger charge is 2.30. The standard InChI is InChI=1S/C19H22N6O2/c26-19-16-8-22-18(13-2-6-27-7-3-13)25(16)12-15(23-19)11-24-9-14(10-24)17-20-4-1-5-21-17/h1,4-5,8,12-14H,2-3,6-7,9-11H2,(H,23,26). The van der Waals surface area contributed by atoms with Crippen LogP contribution in [0.15, 0.2) is 35.6 Å². The van der Waals surface area contributed by atoms with Crippen molar-refractivity contribution in [1.82, 2.24) is 29.2 Å². The molecule has 8 heteroatoms. The third-order valence-electron chi connectivity index (χ3n) is 5.51. The highest BCUT2D eigenvalue weighted by atomic mass is 16.5. The van der Waals surface area contributed by atoms with E-state index in [9.17, 15) is 4.79 Å². The first-order valence-corrected chi connectivity index (χ1v) is 9.44. The Hall–Kier alpha value is -2.58. The van der Waals surface area contributed by atoms with Crippen LogP contribution >= 0.6 is 0 Å². The normalized spacial score (nSPS) is 19.4. The predicted octanol–water partition coefficient (Wildman–Crippen LogP) is 1.31. The van der Waals surface area contributed by atoms with Gasteiger partial charge in [0.05, 0.1) is 6.20 Å². The van der Waals surface area contributed by atoms with Crippen LogP contribution in [0, 0.1) is 0 Å². The summed E-state index contributed by atoms with van der Waals surface area (Å²) < 4.78 is 7.43. The van der Waals surface area contributed by atoms with E-state index < -0.39 is 0 Å². The largest absolute Gasteiger partial charge is 0.381 e. The number of hydrogen-bond acceptors (Lipinski definition) is 6. The van der Waals surface area contributed by atoms with Gasteiger partial charge in [-0.2, -0.15) is 0 Å². The molecule has 0 saturated carbocycles. The molecule has 0 atom stereocenters. The first-order valence-electron chi connectivity index (χ1n) is 9.44. The highest BCUT2D eigenvalue weighted by molar-refractivity contribution is 5.44. The maximum Gasteiger partial charge on any atom is 0.274 e. The topological polar surface area (TPSA) is 88.4 Å². The molecule has 8 nitrogen and oxygen atoms in total. The van der Waals surface area contributed by atoms with Crippen LogP contribution in [0.1, 0.15) is 42.0 Å². The van der Waals surface area contributed by atoms with Crippen molar-refractivity contribution in [1.29, 1.82) is 0 Å². The van der Waals surface area contributed by atoms with Gasteiger partial charge in [0.2, 0.25) is 0 Å². The van der Waals surface area contributed by atoms with E-state index in [0.717, 1.165) is 56.5 Å². The lowest BCUT2D eigenvalue weighted by Crippen LogP contribution is -2.45. The van der Waals surface area contributed by atoms with Crippen molar-refractivity contribution in [3.05, 3.63) is 58.6 Å². The molecule has 0 aliphatic carbocycles. The summed E-state index contributed by atoms with van der Waals surface area (Å²) in [4.78, 5) is 31.0. The van der Waals surface area contributed by atoms with Crippen LogP contribution in [0.5, 0.6) is 0 Å². The molecule has 2 aliphatic rings. The Bertz CT molecular complexity index is 986. The second kappa shape index (κ2) is 6.86. The van der Waals surface area contributed by atoms with E-state index in [1.807, 2.05) is 16.7 Å². The molecule has 1 N–H and O–H groups in total. The molecule has 5 heterocycles. The second-order valence-electron chi connectivity index (χ2n) is 7.36. The zero-order valence-corrected chi connectivity index (χ0v) is 15.0. The maximum atomic E-state index is 12.5. The lowest BCUT2D eigenvalue weighted by molar-refractivity contribution is 0.0834. The lowest BCUT2D eigenvalue weighted by Gasteiger charge is -2.38. The average Bonchev–Trinajstić information content (AvgIpc) is 3.10. The van der Waals surface area contributed by atoms with Gasteiger partial charge in [0.1, 0.15) is 17.2 Å². The van der Waals surface area contributed by atoms with Gasteiger partial charge in [-0.15, -0.1) is 0 Å². The van der Waals surface area contributed by atoms with Gasteiger partial charge in [0.15, 0.2) is 0 Å². The summed E-state index contributed by atoms with van der Waals surface area (Å²) in [5.41, 5.74) is 1.44. The number of likely N-dealkylation sites (tertiary alicyclic amines) is 1. The molecular weight excluding hydrogens is 344 g/mol. The van der Waals surface area contributed by atoms with Crippen molar-refractivity contribution in [2.45, 2.75) is 31.2 Å². The summed E-state index contributed by atoms with van der Waals surface area (Å²) in [6, 6.07) is 1.83. The minimum atomic E-state index is -0.0817. The molecule has 0 unspecified atom stereocenters. The zero-order chi connectivity index (χ0) is 18.2. The molecule has 5 rings (SSSR count). The zero-order valence-electron chi connectivity index (χ0n) is 15.0. The van der Waals surface area contributed by atoms with Gasteiger partial charge in [-0.05, 0) is 18.9 Å². The molecule has 2 fully saturated rings. The Morgan fingerprint density at radius 1 is 1.11 bits per heavy atom.